The van der Waals surface area contributed by atoms with E-state index in [0.717, 1.165) is 4.47 Å². The summed E-state index contributed by atoms with van der Waals surface area (Å²) in [6.45, 7) is 3.47. The number of hydrogen-bond donors (Lipinski definition) is 2. The van der Waals surface area contributed by atoms with Crippen molar-refractivity contribution in [2.24, 2.45) is 5.92 Å². The molecule has 4 nitrogen and oxygen atoms in total. The highest BCUT2D eigenvalue weighted by molar-refractivity contribution is 9.10. The summed E-state index contributed by atoms with van der Waals surface area (Å²) in [4.78, 5) is 0.220. The highest BCUT2D eigenvalue weighted by Gasteiger charge is 2.20. The fraction of sp³-hybridized carbons (Fsp3) is 0.455. The van der Waals surface area contributed by atoms with Crippen molar-refractivity contribution in [2.45, 2.75) is 24.8 Å². The third-order valence-electron chi connectivity index (χ3n) is 2.61. The Kier molecular flexibility index (Phi) is 5.12. The number of aliphatic hydroxyl groups is 1. The minimum absolute atomic E-state index is 0.0516. The molecule has 2 N–H and O–H groups in total. The molecule has 0 saturated carbocycles. The molecule has 1 aromatic carbocycles. The maximum atomic E-state index is 12.0. The molecule has 0 spiro atoms. The van der Waals surface area contributed by atoms with E-state index in [-0.39, 0.29) is 23.5 Å². The molecule has 1 aromatic rings. The van der Waals surface area contributed by atoms with E-state index in [1.807, 2.05) is 0 Å². The van der Waals surface area contributed by atoms with Crippen LogP contribution in [0.1, 0.15) is 13.8 Å². The minimum Gasteiger partial charge on any atom is -0.396 e. The van der Waals surface area contributed by atoms with Crippen LogP contribution in [0.2, 0.25) is 0 Å². The first-order chi connectivity index (χ1) is 7.86. The van der Waals surface area contributed by atoms with Gasteiger partial charge in [-0.1, -0.05) is 22.9 Å². The second kappa shape index (κ2) is 5.95. The Labute approximate surface area is 110 Å². The van der Waals surface area contributed by atoms with E-state index in [1.54, 1.807) is 26.0 Å². The summed E-state index contributed by atoms with van der Waals surface area (Å²) in [5, 5.41) is 8.97. The van der Waals surface area contributed by atoms with Crippen LogP contribution in [0, 0.1) is 5.92 Å². The molecule has 0 heterocycles. The molecule has 0 aliphatic heterocycles. The highest BCUT2D eigenvalue weighted by atomic mass is 79.9. The van der Waals surface area contributed by atoms with Crippen molar-refractivity contribution in [1.82, 2.24) is 4.72 Å². The summed E-state index contributed by atoms with van der Waals surface area (Å²) in [5.74, 6) is -0.125. The molecule has 0 bridgehead atoms. The number of sulfonamides is 1. The molecule has 6 heteroatoms. The van der Waals surface area contributed by atoms with Crippen molar-refractivity contribution in [3.63, 3.8) is 0 Å². The highest BCUT2D eigenvalue weighted by Crippen LogP contribution is 2.15. The first-order valence-corrected chi connectivity index (χ1v) is 7.53. The Morgan fingerprint density at radius 3 is 2.29 bits per heavy atom. The van der Waals surface area contributed by atoms with Crippen LogP contribution in [-0.2, 0) is 10.0 Å². The van der Waals surface area contributed by atoms with Crippen molar-refractivity contribution in [3.8, 4) is 0 Å². The fourth-order valence-electron chi connectivity index (χ4n) is 1.20. The van der Waals surface area contributed by atoms with Crippen LogP contribution < -0.4 is 4.72 Å². The minimum atomic E-state index is -3.51. The molecule has 0 radical (unpaired) electrons. The lowest BCUT2D eigenvalue weighted by Gasteiger charge is -2.19. The van der Waals surface area contributed by atoms with E-state index in [1.165, 1.54) is 12.1 Å². The normalized spacial score (nSPS) is 15.5. The van der Waals surface area contributed by atoms with Gasteiger partial charge in [0.05, 0.1) is 4.90 Å². The lowest BCUT2D eigenvalue weighted by atomic mass is 10.1. The summed E-state index contributed by atoms with van der Waals surface area (Å²) in [6.07, 6.45) is 0. The molecule has 0 aromatic heterocycles. The van der Waals surface area contributed by atoms with Crippen LogP contribution >= 0.6 is 15.9 Å². The number of halogens is 1. The Hall–Kier alpha value is -0.430. The van der Waals surface area contributed by atoms with Gasteiger partial charge in [-0.05, 0) is 37.1 Å². The molecular formula is C11H16BrNO3S. The van der Waals surface area contributed by atoms with Crippen LogP contribution in [0.15, 0.2) is 33.6 Å². The molecular weight excluding hydrogens is 306 g/mol. The summed E-state index contributed by atoms with van der Waals surface area (Å²) < 4.78 is 27.3. The maximum Gasteiger partial charge on any atom is 0.240 e. The molecule has 17 heavy (non-hydrogen) atoms. The van der Waals surface area contributed by atoms with Crippen LogP contribution in [0.25, 0.3) is 0 Å². The molecule has 1 rings (SSSR count). The number of hydrogen-bond acceptors (Lipinski definition) is 3. The predicted octanol–water partition coefficient (Wildman–Crippen LogP) is 1.74. The van der Waals surface area contributed by atoms with Crippen molar-refractivity contribution >= 4 is 26.0 Å². The van der Waals surface area contributed by atoms with Crippen molar-refractivity contribution < 1.29 is 13.5 Å². The second-order valence-electron chi connectivity index (χ2n) is 4.02. The third-order valence-corrected chi connectivity index (χ3v) is 4.71. The molecule has 2 atom stereocenters. The number of benzene rings is 1. The van der Waals surface area contributed by atoms with Gasteiger partial charge >= 0.3 is 0 Å². The Morgan fingerprint density at radius 2 is 1.82 bits per heavy atom. The van der Waals surface area contributed by atoms with Gasteiger partial charge in [-0.15, -0.1) is 0 Å². The average Bonchev–Trinajstić information content (AvgIpc) is 2.27. The van der Waals surface area contributed by atoms with Gasteiger partial charge in [-0.3, -0.25) is 0 Å². The van der Waals surface area contributed by atoms with E-state index < -0.39 is 10.0 Å². The fourth-order valence-corrected chi connectivity index (χ4v) is 2.82. The smallest absolute Gasteiger partial charge is 0.240 e. The van der Waals surface area contributed by atoms with Gasteiger partial charge in [0, 0.05) is 17.1 Å². The topological polar surface area (TPSA) is 66.4 Å². The van der Waals surface area contributed by atoms with E-state index >= 15 is 0 Å². The Balaban J connectivity index is 2.85. The number of aliphatic hydroxyl groups excluding tert-OH is 1. The second-order valence-corrected chi connectivity index (χ2v) is 6.65. The summed E-state index contributed by atoms with van der Waals surface area (Å²) >= 11 is 3.25. The number of rotatable bonds is 5. The molecule has 0 amide bonds. The van der Waals surface area contributed by atoms with Gasteiger partial charge in [0.1, 0.15) is 0 Å². The van der Waals surface area contributed by atoms with E-state index in [4.69, 9.17) is 5.11 Å². The van der Waals surface area contributed by atoms with Gasteiger partial charge in [-0.25, -0.2) is 13.1 Å². The molecule has 0 saturated heterocycles. The molecule has 96 valence electrons. The Morgan fingerprint density at radius 1 is 1.29 bits per heavy atom. The predicted molar refractivity (Wildman–Crippen MR) is 70.2 cm³/mol. The standard InChI is InChI=1S/C11H16BrNO3S/c1-8(7-14)9(2)13-17(15,16)11-5-3-10(12)4-6-11/h3-6,8-9,13-14H,7H2,1-2H3. The average molecular weight is 322 g/mol. The van der Waals surface area contributed by atoms with Crippen molar-refractivity contribution in [1.29, 1.82) is 0 Å². The van der Waals surface area contributed by atoms with Crippen LogP contribution in [-0.4, -0.2) is 26.2 Å². The zero-order valence-electron chi connectivity index (χ0n) is 9.72. The summed E-state index contributed by atoms with van der Waals surface area (Å²) in [5.41, 5.74) is 0. The van der Waals surface area contributed by atoms with E-state index in [0.29, 0.717) is 0 Å². The van der Waals surface area contributed by atoms with Crippen LogP contribution in [0.3, 0.4) is 0 Å². The van der Waals surface area contributed by atoms with Crippen LogP contribution in [0.5, 0.6) is 0 Å². The van der Waals surface area contributed by atoms with E-state index in [9.17, 15) is 8.42 Å². The molecule has 2 unspecified atom stereocenters. The van der Waals surface area contributed by atoms with Crippen LogP contribution in [0.4, 0.5) is 0 Å². The Bertz CT molecular complexity index is 458. The van der Waals surface area contributed by atoms with Crippen molar-refractivity contribution in [3.05, 3.63) is 28.7 Å². The maximum absolute atomic E-state index is 12.0. The summed E-state index contributed by atoms with van der Waals surface area (Å²) in [6, 6.07) is 6.10. The zero-order valence-corrected chi connectivity index (χ0v) is 12.1. The molecule has 0 aliphatic carbocycles. The quantitative estimate of drug-likeness (QED) is 0.868. The van der Waals surface area contributed by atoms with Gasteiger partial charge in [0.2, 0.25) is 10.0 Å². The van der Waals surface area contributed by atoms with Gasteiger partial charge in [0.15, 0.2) is 0 Å². The first-order valence-electron chi connectivity index (χ1n) is 5.25. The largest absolute Gasteiger partial charge is 0.396 e. The van der Waals surface area contributed by atoms with Gasteiger partial charge in [0.25, 0.3) is 0 Å². The summed E-state index contributed by atoms with van der Waals surface area (Å²) in [7, 11) is -3.51. The SMILES string of the molecule is CC(CO)C(C)NS(=O)(=O)c1ccc(Br)cc1. The lowest BCUT2D eigenvalue weighted by molar-refractivity contribution is 0.216. The third kappa shape index (κ3) is 4.06. The van der Waals surface area contributed by atoms with Gasteiger partial charge < -0.3 is 5.11 Å². The number of nitrogens with one attached hydrogen (secondary N) is 1. The van der Waals surface area contributed by atoms with Gasteiger partial charge in [-0.2, -0.15) is 0 Å². The molecule has 0 fully saturated rings. The molecule has 0 aliphatic rings. The lowest BCUT2D eigenvalue weighted by Crippen LogP contribution is -2.38. The van der Waals surface area contributed by atoms with Crippen molar-refractivity contribution in [2.75, 3.05) is 6.61 Å². The first kappa shape index (κ1) is 14.6. The monoisotopic (exact) mass is 321 g/mol. The zero-order chi connectivity index (χ0) is 13.1. The van der Waals surface area contributed by atoms with E-state index in [2.05, 4.69) is 20.7 Å².